The zero-order valence-corrected chi connectivity index (χ0v) is 16.1. The molecular formula is C16H23Cl2N3O5. The number of aromatic nitrogens is 2. The molecule has 146 valence electrons. The van der Waals surface area contributed by atoms with Crippen LogP contribution in [0.4, 0.5) is 5.95 Å². The number of anilines is 1. The second-order valence-electron chi connectivity index (χ2n) is 6.09. The average Bonchev–Trinajstić information content (AvgIpc) is 3.07. The lowest BCUT2D eigenvalue weighted by atomic mass is 10.1. The van der Waals surface area contributed by atoms with Crippen LogP contribution in [-0.4, -0.2) is 68.0 Å². The Morgan fingerprint density at radius 3 is 2.35 bits per heavy atom. The van der Waals surface area contributed by atoms with E-state index in [4.69, 9.17) is 33.0 Å². The number of rotatable bonds is 4. The van der Waals surface area contributed by atoms with Gasteiger partial charge in [0.25, 0.3) is 0 Å². The number of halogens is 2. The van der Waals surface area contributed by atoms with E-state index >= 15 is 0 Å². The van der Waals surface area contributed by atoms with Gasteiger partial charge in [-0.2, -0.15) is 0 Å². The molecule has 0 radical (unpaired) electrons. The molecule has 3 rings (SSSR count). The number of aliphatic hydroxyl groups excluding tert-OH is 4. The molecule has 1 aromatic heterocycles. The Kier molecular flexibility index (Phi) is 7.09. The normalized spacial score (nSPS) is 25.5. The quantitative estimate of drug-likeness (QED) is 0.519. The SMILES string of the molecule is CC(C)Nc1nc2cc(Cl)c(Cl)cc2n1[C@H]1O[C@@H](CO)[C@H](O)[C@@H]1O.CO. The first-order valence-electron chi connectivity index (χ1n) is 8.04. The lowest BCUT2D eigenvalue weighted by molar-refractivity contribution is -0.0499. The van der Waals surface area contributed by atoms with Crippen molar-refractivity contribution in [3.05, 3.63) is 22.2 Å². The summed E-state index contributed by atoms with van der Waals surface area (Å²) in [6.07, 6.45) is -4.22. The maximum atomic E-state index is 10.4. The van der Waals surface area contributed by atoms with E-state index in [0.29, 0.717) is 27.0 Å². The Balaban J connectivity index is 0.00000117. The molecule has 5 N–H and O–H groups in total. The van der Waals surface area contributed by atoms with Gasteiger partial charge in [0, 0.05) is 13.2 Å². The summed E-state index contributed by atoms with van der Waals surface area (Å²) >= 11 is 12.2. The van der Waals surface area contributed by atoms with Crippen molar-refractivity contribution in [2.75, 3.05) is 19.0 Å². The van der Waals surface area contributed by atoms with Crippen molar-refractivity contribution in [2.24, 2.45) is 0 Å². The zero-order chi connectivity index (χ0) is 19.6. The third-order valence-electron chi connectivity index (χ3n) is 3.92. The second-order valence-corrected chi connectivity index (χ2v) is 6.90. The molecule has 1 fully saturated rings. The Labute approximate surface area is 160 Å². The first-order chi connectivity index (χ1) is 12.3. The van der Waals surface area contributed by atoms with Gasteiger partial charge in [-0.05, 0) is 26.0 Å². The third kappa shape index (κ3) is 3.91. The zero-order valence-electron chi connectivity index (χ0n) is 14.6. The number of hydrogen-bond acceptors (Lipinski definition) is 7. The van der Waals surface area contributed by atoms with Crippen LogP contribution in [0.3, 0.4) is 0 Å². The maximum Gasteiger partial charge on any atom is 0.206 e. The third-order valence-corrected chi connectivity index (χ3v) is 4.64. The monoisotopic (exact) mass is 407 g/mol. The van der Waals surface area contributed by atoms with Gasteiger partial charge in [0.05, 0.1) is 27.7 Å². The minimum atomic E-state index is -1.22. The fourth-order valence-corrected chi connectivity index (χ4v) is 3.12. The molecule has 1 aromatic carbocycles. The average molecular weight is 408 g/mol. The molecular weight excluding hydrogens is 385 g/mol. The van der Waals surface area contributed by atoms with Gasteiger partial charge in [-0.15, -0.1) is 0 Å². The number of benzene rings is 1. The van der Waals surface area contributed by atoms with Crippen molar-refractivity contribution in [2.45, 2.75) is 44.4 Å². The smallest absolute Gasteiger partial charge is 0.206 e. The number of nitrogens with one attached hydrogen (secondary N) is 1. The first-order valence-corrected chi connectivity index (χ1v) is 8.79. The van der Waals surface area contributed by atoms with Crippen molar-refractivity contribution < 1.29 is 25.2 Å². The molecule has 10 heteroatoms. The van der Waals surface area contributed by atoms with Crippen LogP contribution in [0.5, 0.6) is 0 Å². The summed E-state index contributed by atoms with van der Waals surface area (Å²) in [5, 5.41) is 40.6. The van der Waals surface area contributed by atoms with Crippen molar-refractivity contribution >= 4 is 40.2 Å². The van der Waals surface area contributed by atoms with E-state index < -0.39 is 31.1 Å². The molecule has 1 aliphatic heterocycles. The molecule has 0 saturated carbocycles. The Morgan fingerprint density at radius 1 is 1.19 bits per heavy atom. The van der Waals surface area contributed by atoms with Gasteiger partial charge in [0.1, 0.15) is 18.3 Å². The highest BCUT2D eigenvalue weighted by molar-refractivity contribution is 6.42. The molecule has 0 spiro atoms. The first kappa shape index (κ1) is 21.2. The van der Waals surface area contributed by atoms with E-state index in [9.17, 15) is 15.3 Å². The lowest BCUT2D eigenvalue weighted by Crippen LogP contribution is -2.33. The Morgan fingerprint density at radius 2 is 1.81 bits per heavy atom. The standard InChI is InChI=1S/C15H19Cl2N3O4.CH4O/c1-6(2)18-15-19-9-3-7(16)8(17)4-10(9)20(15)14-13(23)12(22)11(5-21)24-14;1-2/h3-4,6,11-14,21-23H,5H2,1-2H3,(H,18,19);2H,1H3/t11-,12-,13-,14-;/m0./s1. The van der Waals surface area contributed by atoms with Gasteiger partial charge in [-0.1, -0.05) is 23.2 Å². The van der Waals surface area contributed by atoms with Crippen LogP contribution in [0.15, 0.2) is 12.1 Å². The second kappa shape index (κ2) is 8.71. The summed E-state index contributed by atoms with van der Waals surface area (Å²) in [7, 11) is 1.00. The van der Waals surface area contributed by atoms with E-state index in [1.165, 1.54) is 0 Å². The molecule has 1 aliphatic rings. The van der Waals surface area contributed by atoms with Crippen LogP contribution in [0.25, 0.3) is 11.0 Å². The number of hydrogen-bond donors (Lipinski definition) is 5. The van der Waals surface area contributed by atoms with Gasteiger partial charge >= 0.3 is 0 Å². The van der Waals surface area contributed by atoms with Crippen molar-refractivity contribution in [3.8, 4) is 0 Å². The minimum absolute atomic E-state index is 0.0728. The van der Waals surface area contributed by atoms with Gasteiger partial charge < -0.3 is 30.5 Å². The minimum Gasteiger partial charge on any atom is -0.400 e. The molecule has 1 saturated heterocycles. The van der Waals surface area contributed by atoms with Crippen LogP contribution in [0, 0.1) is 0 Å². The number of imidazole rings is 1. The van der Waals surface area contributed by atoms with Crippen LogP contribution in [0.2, 0.25) is 10.0 Å². The summed E-state index contributed by atoms with van der Waals surface area (Å²) in [4.78, 5) is 4.48. The molecule has 26 heavy (non-hydrogen) atoms. The van der Waals surface area contributed by atoms with Crippen molar-refractivity contribution in [1.29, 1.82) is 0 Å². The molecule has 2 heterocycles. The van der Waals surface area contributed by atoms with Gasteiger partial charge in [-0.3, -0.25) is 4.57 Å². The van der Waals surface area contributed by atoms with Crippen molar-refractivity contribution in [3.63, 3.8) is 0 Å². The van der Waals surface area contributed by atoms with E-state index in [0.717, 1.165) is 7.11 Å². The van der Waals surface area contributed by atoms with Crippen LogP contribution >= 0.6 is 23.2 Å². The molecule has 8 nitrogen and oxygen atoms in total. The predicted octanol–water partition coefficient (Wildman–Crippen LogP) is 1.38. The summed E-state index contributed by atoms with van der Waals surface area (Å²) in [5.74, 6) is 0.452. The molecule has 0 amide bonds. The Bertz CT molecular complexity index is 755. The summed E-state index contributed by atoms with van der Waals surface area (Å²) < 4.78 is 7.26. The molecule has 0 unspecified atom stereocenters. The number of fused-ring (bicyclic) bond motifs is 1. The number of ether oxygens (including phenoxy) is 1. The Hall–Kier alpha value is -1.13. The van der Waals surface area contributed by atoms with Gasteiger partial charge in [-0.25, -0.2) is 4.98 Å². The van der Waals surface area contributed by atoms with Crippen LogP contribution in [0.1, 0.15) is 20.1 Å². The maximum absolute atomic E-state index is 10.4. The summed E-state index contributed by atoms with van der Waals surface area (Å²) in [6, 6.07) is 3.33. The summed E-state index contributed by atoms with van der Waals surface area (Å²) in [6.45, 7) is 3.49. The lowest BCUT2D eigenvalue weighted by Gasteiger charge is -2.21. The highest BCUT2D eigenvalue weighted by atomic mass is 35.5. The van der Waals surface area contributed by atoms with Crippen LogP contribution in [-0.2, 0) is 4.74 Å². The van der Waals surface area contributed by atoms with Gasteiger partial charge in [0.15, 0.2) is 6.23 Å². The van der Waals surface area contributed by atoms with Crippen molar-refractivity contribution in [1.82, 2.24) is 9.55 Å². The van der Waals surface area contributed by atoms with E-state index in [1.807, 2.05) is 13.8 Å². The van der Waals surface area contributed by atoms with Gasteiger partial charge in [0.2, 0.25) is 5.95 Å². The van der Waals surface area contributed by atoms with E-state index in [2.05, 4.69) is 10.3 Å². The predicted molar refractivity (Wildman–Crippen MR) is 99.7 cm³/mol. The largest absolute Gasteiger partial charge is 0.400 e. The number of nitrogens with zero attached hydrogens (tertiary/aromatic N) is 2. The molecule has 0 aliphatic carbocycles. The van der Waals surface area contributed by atoms with E-state index in [1.54, 1.807) is 16.7 Å². The summed E-state index contributed by atoms with van der Waals surface area (Å²) in [5.41, 5.74) is 1.17. The highest BCUT2D eigenvalue weighted by Gasteiger charge is 2.44. The highest BCUT2D eigenvalue weighted by Crippen LogP contribution is 2.37. The molecule has 4 atom stereocenters. The molecule has 0 bridgehead atoms. The fourth-order valence-electron chi connectivity index (χ4n) is 2.80. The fraction of sp³-hybridized carbons (Fsp3) is 0.562. The van der Waals surface area contributed by atoms with E-state index in [-0.39, 0.29) is 6.04 Å². The van der Waals surface area contributed by atoms with Crippen LogP contribution < -0.4 is 5.32 Å². The number of aliphatic hydroxyl groups is 4. The topological polar surface area (TPSA) is 120 Å². The molecule has 2 aromatic rings.